The lowest BCUT2D eigenvalue weighted by molar-refractivity contribution is -0.0106. The molecule has 7 unspecified atom stereocenters. The van der Waals surface area contributed by atoms with Crippen LogP contribution in [0, 0.1) is 11.8 Å². The largest absolute Gasteiger partial charge is 0.365 e. The minimum atomic E-state index is -3.54. The highest BCUT2D eigenvalue weighted by Crippen LogP contribution is 2.27. The van der Waals surface area contributed by atoms with E-state index < -0.39 is 15.3 Å². The van der Waals surface area contributed by atoms with Crippen LogP contribution in [0.4, 0.5) is 0 Å². The van der Waals surface area contributed by atoms with Crippen molar-refractivity contribution in [3.05, 3.63) is 0 Å². The lowest BCUT2D eigenvalue weighted by atomic mass is 9.90. The van der Waals surface area contributed by atoms with Crippen LogP contribution in [0.5, 0.6) is 0 Å². The van der Waals surface area contributed by atoms with E-state index in [0.29, 0.717) is 25.0 Å². The molecule has 0 aliphatic carbocycles. The Morgan fingerprint density at radius 1 is 1.06 bits per heavy atom. The Morgan fingerprint density at radius 3 is 2.67 bits per heavy atom. The first-order chi connectivity index (χ1) is 15.9. The fourth-order valence-corrected chi connectivity index (χ4v) is 8.00. The second-order valence-corrected chi connectivity index (χ2v) is 12.6. The van der Waals surface area contributed by atoms with Gasteiger partial charge in [0.25, 0.3) is 0 Å². The number of nitrogens with zero attached hydrogens (tertiary/aromatic N) is 3. The van der Waals surface area contributed by atoms with Crippen LogP contribution in [-0.2, 0) is 14.8 Å². The molecule has 5 aliphatic heterocycles. The maximum absolute atomic E-state index is 13.5. The number of piperidine rings is 2. The van der Waals surface area contributed by atoms with Gasteiger partial charge in [0.05, 0.1) is 12.2 Å². The van der Waals surface area contributed by atoms with E-state index >= 15 is 0 Å². The van der Waals surface area contributed by atoms with Gasteiger partial charge in [-0.2, -0.15) is 0 Å². The second-order valence-electron chi connectivity index (χ2n) is 10.7. The summed E-state index contributed by atoms with van der Waals surface area (Å²) in [5.41, 5.74) is 6.72. The van der Waals surface area contributed by atoms with Crippen molar-refractivity contribution in [1.82, 2.24) is 41.1 Å². The summed E-state index contributed by atoms with van der Waals surface area (Å²) >= 11 is 0. The molecule has 5 heterocycles. The molecule has 5 rings (SSSR count). The van der Waals surface area contributed by atoms with E-state index in [4.69, 9.17) is 4.74 Å². The lowest BCUT2D eigenvalue weighted by Crippen LogP contribution is -2.67. The van der Waals surface area contributed by atoms with E-state index in [9.17, 15) is 8.42 Å². The van der Waals surface area contributed by atoms with Gasteiger partial charge in [-0.15, -0.1) is 0 Å². The van der Waals surface area contributed by atoms with Crippen LogP contribution in [0.25, 0.3) is 0 Å². The van der Waals surface area contributed by atoms with E-state index in [-0.39, 0.29) is 24.5 Å². The number of likely N-dealkylation sites (tertiary alicyclic amines) is 1. The third-order valence-corrected chi connectivity index (χ3v) is 10.2. The summed E-state index contributed by atoms with van der Waals surface area (Å²) in [6.45, 7) is 8.24. The number of fused-ring (bicyclic) bond motifs is 1. The highest BCUT2D eigenvalue weighted by atomic mass is 32.2. The predicted molar refractivity (Wildman–Crippen MR) is 126 cm³/mol. The van der Waals surface area contributed by atoms with E-state index in [1.54, 1.807) is 7.11 Å². The molecule has 190 valence electrons. The van der Waals surface area contributed by atoms with E-state index in [1.165, 1.54) is 19.5 Å². The molecule has 0 aromatic heterocycles. The zero-order valence-corrected chi connectivity index (χ0v) is 21.0. The van der Waals surface area contributed by atoms with Crippen LogP contribution in [0.15, 0.2) is 0 Å². The van der Waals surface area contributed by atoms with Crippen molar-refractivity contribution < 1.29 is 13.2 Å². The molecule has 11 nitrogen and oxygen atoms in total. The molecule has 5 saturated heterocycles. The van der Waals surface area contributed by atoms with Crippen LogP contribution in [0.2, 0.25) is 0 Å². The Labute approximate surface area is 198 Å². The molecule has 5 aliphatic rings. The number of hydrogen-bond donors (Lipinski definition) is 5. The first-order valence-corrected chi connectivity index (χ1v) is 14.1. The molecule has 0 bridgehead atoms. The zero-order valence-electron chi connectivity index (χ0n) is 20.2. The van der Waals surface area contributed by atoms with Gasteiger partial charge in [-0.05, 0) is 38.3 Å². The van der Waals surface area contributed by atoms with Gasteiger partial charge in [0.1, 0.15) is 11.5 Å². The van der Waals surface area contributed by atoms with Crippen molar-refractivity contribution in [2.75, 3.05) is 60.0 Å². The van der Waals surface area contributed by atoms with Gasteiger partial charge < -0.3 is 10.1 Å². The standard InChI is InChI=1S/C21H42N8O3S/c1-14-5-7-28(12-14)16-4-6-22-18(8-16)29-13-17(11-25-29)33(30,31)26-19-20-15(10-24-27(20)2)9-23-21(19)32-3/h14-26H,4-13H2,1-3H3/t14-,15?,16?,17?,18?,19?,20?,21?/m1/s1. The van der Waals surface area contributed by atoms with Crippen molar-refractivity contribution in [2.45, 2.75) is 62.0 Å². The molecule has 12 heteroatoms. The van der Waals surface area contributed by atoms with Crippen LogP contribution in [0.3, 0.4) is 0 Å². The van der Waals surface area contributed by atoms with Crippen molar-refractivity contribution in [3.8, 4) is 0 Å². The number of sulfonamides is 1. The number of hydrogen-bond acceptors (Lipinski definition) is 10. The summed E-state index contributed by atoms with van der Waals surface area (Å²) in [7, 11) is 0.0735. The minimum Gasteiger partial charge on any atom is -0.365 e. The Hall–Kier alpha value is -0.410. The average molecular weight is 487 g/mol. The Bertz CT molecular complexity index is 787. The monoisotopic (exact) mass is 486 g/mol. The first kappa shape index (κ1) is 24.3. The molecule has 0 radical (unpaired) electrons. The Morgan fingerprint density at radius 2 is 1.91 bits per heavy atom. The molecule has 0 aromatic rings. The normalized spacial score (nSPS) is 43.8. The van der Waals surface area contributed by atoms with E-state index in [2.05, 4.69) is 43.0 Å². The van der Waals surface area contributed by atoms with Crippen molar-refractivity contribution >= 4 is 10.0 Å². The van der Waals surface area contributed by atoms with Crippen LogP contribution < -0.4 is 26.2 Å². The smallest absolute Gasteiger partial charge is 0.217 e. The second kappa shape index (κ2) is 9.92. The van der Waals surface area contributed by atoms with Crippen LogP contribution in [-0.4, -0.2) is 119 Å². The van der Waals surface area contributed by atoms with E-state index in [0.717, 1.165) is 38.4 Å². The number of nitrogens with one attached hydrogen (secondary N) is 5. The minimum absolute atomic E-state index is 0.0556. The van der Waals surface area contributed by atoms with Crippen LogP contribution >= 0.6 is 0 Å². The first-order valence-electron chi connectivity index (χ1n) is 12.6. The average Bonchev–Trinajstić information content (AvgIpc) is 3.54. The van der Waals surface area contributed by atoms with Crippen molar-refractivity contribution in [1.29, 1.82) is 0 Å². The van der Waals surface area contributed by atoms with Gasteiger partial charge in [-0.1, -0.05) is 6.92 Å². The topological polar surface area (TPSA) is 113 Å². The lowest BCUT2D eigenvalue weighted by Gasteiger charge is -2.42. The summed E-state index contributed by atoms with van der Waals surface area (Å²) in [5.74, 6) is 1.12. The molecular weight excluding hydrogens is 444 g/mol. The van der Waals surface area contributed by atoms with Gasteiger partial charge >= 0.3 is 0 Å². The number of hydrazine groups is 2. The third kappa shape index (κ3) is 4.97. The maximum atomic E-state index is 13.5. The summed E-state index contributed by atoms with van der Waals surface area (Å²) < 4.78 is 35.6. The van der Waals surface area contributed by atoms with Crippen molar-refractivity contribution in [3.63, 3.8) is 0 Å². The van der Waals surface area contributed by atoms with Gasteiger partial charge in [0, 0.05) is 64.9 Å². The van der Waals surface area contributed by atoms with E-state index in [1.807, 2.05) is 12.1 Å². The Balaban J connectivity index is 1.21. The number of methoxy groups -OCH3 is 1. The van der Waals surface area contributed by atoms with Gasteiger partial charge in [-0.3, -0.25) is 21.1 Å². The molecule has 8 atom stereocenters. The summed E-state index contributed by atoms with van der Waals surface area (Å²) in [6, 6.07) is 0.289. The Kier molecular flexibility index (Phi) is 7.30. The quantitative estimate of drug-likeness (QED) is 0.286. The third-order valence-electron chi connectivity index (χ3n) is 8.42. The van der Waals surface area contributed by atoms with Gasteiger partial charge in [0.2, 0.25) is 10.0 Å². The van der Waals surface area contributed by atoms with Crippen molar-refractivity contribution in [2.24, 2.45) is 11.8 Å². The fourth-order valence-electron chi connectivity index (χ4n) is 6.51. The highest BCUT2D eigenvalue weighted by molar-refractivity contribution is 7.90. The maximum Gasteiger partial charge on any atom is 0.217 e. The molecular formula is C21H42N8O3S. The number of ether oxygens (including phenoxy) is 1. The molecule has 33 heavy (non-hydrogen) atoms. The van der Waals surface area contributed by atoms with Gasteiger partial charge in [0.15, 0.2) is 0 Å². The molecule has 5 fully saturated rings. The summed E-state index contributed by atoms with van der Waals surface area (Å²) in [6.07, 6.45) is 3.29. The molecule has 5 N–H and O–H groups in total. The highest BCUT2D eigenvalue weighted by Gasteiger charge is 2.48. The number of rotatable bonds is 6. The molecule has 0 aromatic carbocycles. The molecule has 0 amide bonds. The SMILES string of the molecule is COC1NCC2CNN(C)C2C1NS(=O)(=O)C1CNN(C2CC(N3CC[C@@H](C)C3)CCN2)C1. The predicted octanol–water partition coefficient (Wildman–Crippen LogP) is -2.11. The molecule has 0 spiro atoms. The zero-order chi connectivity index (χ0) is 23.2. The van der Waals surface area contributed by atoms with Crippen LogP contribution in [0.1, 0.15) is 26.2 Å². The van der Waals surface area contributed by atoms with Gasteiger partial charge in [-0.25, -0.2) is 23.2 Å². The number of likely N-dealkylation sites (N-methyl/N-ethyl adjacent to an activating group) is 1. The summed E-state index contributed by atoms with van der Waals surface area (Å²) in [4.78, 5) is 2.63. The molecule has 0 saturated carbocycles. The summed E-state index contributed by atoms with van der Waals surface area (Å²) in [5, 5.41) is 10.6. The fraction of sp³-hybridized carbons (Fsp3) is 1.00.